The lowest BCUT2D eigenvalue weighted by atomic mass is 10.0. The maximum absolute atomic E-state index is 13.5. The van der Waals surface area contributed by atoms with Crippen molar-refractivity contribution in [2.75, 3.05) is 12.0 Å². The standard InChI is InChI=1S/C25H22N4O3S/c1-15-7-10-22(33(2,31)32)19(11-15)16-8-9-21-20(12-16)23(28-25(26)27-21)24(30)29-13-17-5-3-4-6-18(17)14-29/h3-12H,13-14H2,1-2H3,(H2,26,27,28). The summed E-state index contributed by atoms with van der Waals surface area (Å²) >= 11 is 0. The molecular formula is C25H22N4O3S. The molecule has 2 heterocycles. The summed E-state index contributed by atoms with van der Waals surface area (Å²) in [6.45, 7) is 2.90. The highest BCUT2D eigenvalue weighted by atomic mass is 32.2. The van der Waals surface area contributed by atoms with E-state index in [1.165, 1.54) is 6.26 Å². The van der Waals surface area contributed by atoms with E-state index in [2.05, 4.69) is 9.97 Å². The van der Waals surface area contributed by atoms with Gasteiger partial charge in [-0.2, -0.15) is 0 Å². The zero-order valence-electron chi connectivity index (χ0n) is 18.2. The number of nitrogens with two attached hydrogens (primary N) is 1. The molecular weight excluding hydrogens is 436 g/mol. The van der Waals surface area contributed by atoms with Gasteiger partial charge in [-0.3, -0.25) is 4.79 Å². The summed E-state index contributed by atoms with van der Waals surface area (Å²) in [4.78, 5) is 24.0. The van der Waals surface area contributed by atoms with Gasteiger partial charge in [0.25, 0.3) is 5.91 Å². The SMILES string of the molecule is Cc1ccc(S(C)(=O)=O)c(-c2ccc3nc(N)nc(C(=O)N4Cc5ccccc5C4)c3c2)c1. The summed E-state index contributed by atoms with van der Waals surface area (Å²) in [7, 11) is -3.45. The van der Waals surface area contributed by atoms with Crippen molar-refractivity contribution in [1.29, 1.82) is 0 Å². The van der Waals surface area contributed by atoms with Gasteiger partial charge in [0, 0.05) is 30.3 Å². The number of hydrogen-bond acceptors (Lipinski definition) is 6. The molecule has 0 saturated heterocycles. The number of nitrogen functional groups attached to an aromatic ring is 1. The second kappa shape index (κ2) is 7.67. The van der Waals surface area contributed by atoms with Gasteiger partial charge in [-0.1, -0.05) is 48.0 Å². The van der Waals surface area contributed by atoms with Crippen molar-refractivity contribution in [3.05, 3.63) is 83.0 Å². The van der Waals surface area contributed by atoms with Crippen LogP contribution in [0.5, 0.6) is 0 Å². The molecule has 7 nitrogen and oxygen atoms in total. The van der Waals surface area contributed by atoms with E-state index in [1.54, 1.807) is 35.2 Å². The minimum Gasteiger partial charge on any atom is -0.368 e. The molecule has 0 radical (unpaired) electrons. The highest BCUT2D eigenvalue weighted by Crippen LogP contribution is 2.32. The number of anilines is 1. The molecule has 1 aliphatic rings. The number of carbonyl (C=O) groups excluding carboxylic acids is 1. The Labute approximate surface area is 191 Å². The Bertz CT molecular complexity index is 1520. The zero-order chi connectivity index (χ0) is 23.3. The van der Waals surface area contributed by atoms with Crippen molar-refractivity contribution >= 4 is 32.6 Å². The van der Waals surface area contributed by atoms with Crippen LogP contribution in [0.15, 0.2) is 65.6 Å². The quantitative estimate of drug-likeness (QED) is 0.501. The molecule has 166 valence electrons. The van der Waals surface area contributed by atoms with Crippen LogP contribution in [0.2, 0.25) is 0 Å². The third-order valence-electron chi connectivity index (χ3n) is 5.89. The van der Waals surface area contributed by atoms with Gasteiger partial charge in [0.2, 0.25) is 5.95 Å². The Morgan fingerprint density at radius 2 is 1.67 bits per heavy atom. The molecule has 0 spiro atoms. The molecule has 1 amide bonds. The number of sulfone groups is 1. The highest BCUT2D eigenvalue weighted by Gasteiger charge is 2.27. The van der Waals surface area contributed by atoms with E-state index in [4.69, 9.17) is 5.73 Å². The fourth-order valence-corrected chi connectivity index (χ4v) is 5.19. The molecule has 0 bridgehead atoms. The number of hydrogen-bond donors (Lipinski definition) is 1. The Morgan fingerprint density at radius 1 is 0.970 bits per heavy atom. The minimum absolute atomic E-state index is 0.0164. The molecule has 0 saturated carbocycles. The second-order valence-corrected chi connectivity index (χ2v) is 10.3. The largest absolute Gasteiger partial charge is 0.368 e. The zero-order valence-corrected chi connectivity index (χ0v) is 19.1. The number of nitrogens with zero attached hydrogens (tertiary/aromatic N) is 3. The van der Waals surface area contributed by atoms with Crippen molar-refractivity contribution in [2.24, 2.45) is 0 Å². The van der Waals surface area contributed by atoms with Crippen LogP contribution in [0.25, 0.3) is 22.0 Å². The number of fused-ring (bicyclic) bond motifs is 2. The van der Waals surface area contributed by atoms with Gasteiger partial charge in [0.1, 0.15) is 5.69 Å². The van der Waals surface area contributed by atoms with Crippen LogP contribution in [0.4, 0.5) is 5.95 Å². The summed E-state index contributed by atoms with van der Waals surface area (Å²) < 4.78 is 24.8. The van der Waals surface area contributed by atoms with Gasteiger partial charge in [-0.15, -0.1) is 0 Å². The first-order chi connectivity index (χ1) is 15.7. The topological polar surface area (TPSA) is 106 Å². The first-order valence-electron chi connectivity index (χ1n) is 10.4. The molecule has 1 aliphatic heterocycles. The average Bonchev–Trinajstić information content (AvgIpc) is 3.21. The molecule has 4 aromatic rings. The van der Waals surface area contributed by atoms with Crippen molar-refractivity contribution in [3.63, 3.8) is 0 Å². The molecule has 2 N–H and O–H groups in total. The number of carbonyl (C=O) groups is 1. The molecule has 0 fully saturated rings. The smallest absolute Gasteiger partial charge is 0.273 e. The summed E-state index contributed by atoms with van der Waals surface area (Å²) in [6, 6.07) is 18.4. The molecule has 1 aromatic heterocycles. The van der Waals surface area contributed by atoms with E-state index in [0.29, 0.717) is 35.1 Å². The van der Waals surface area contributed by atoms with E-state index in [0.717, 1.165) is 16.7 Å². The minimum atomic E-state index is -3.45. The van der Waals surface area contributed by atoms with Gasteiger partial charge in [-0.25, -0.2) is 18.4 Å². The number of aryl methyl sites for hydroxylation is 1. The van der Waals surface area contributed by atoms with Crippen LogP contribution in [-0.4, -0.2) is 35.4 Å². The molecule has 8 heteroatoms. The van der Waals surface area contributed by atoms with E-state index >= 15 is 0 Å². The summed E-state index contributed by atoms with van der Waals surface area (Å²) in [5.41, 5.74) is 11.0. The predicted molar refractivity (Wildman–Crippen MR) is 127 cm³/mol. The van der Waals surface area contributed by atoms with Crippen LogP contribution in [-0.2, 0) is 22.9 Å². The number of benzene rings is 3. The van der Waals surface area contributed by atoms with Crippen LogP contribution in [0, 0.1) is 6.92 Å². The number of aromatic nitrogens is 2. The Kier molecular flexibility index (Phi) is 4.90. The maximum Gasteiger partial charge on any atom is 0.273 e. The first-order valence-corrected chi connectivity index (χ1v) is 12.3. The third-order valence-corrected chi connectivity index (χ3v) is 7.04. The lowest BCUT2D eigenvalue weighted by Crippen LogP contribution is -2.27. The Hall–Kier alpha value is -3.78. The van der Waals surface area contributed by atoms with Crippen molar-refractivity contribution in [2.45, 2.75) is 24.9 Å². The number of rotatable bonds is 3. The van der Waals surface area contributed by atoms with Crippen molar-refractivity contribution < 1.29 is 13.2 Å². The van der Waals surface area contributed by atoms with E-state index in [1.807, 2.05) is 37.3 Å². The number of amides is 1. The molecule has 5 rings (SSSR count). The van der Waals surface area contributed by atoms with Gasteiger partial charge < -0.3 is 10.6 Å². The maximum atomic E-state index is 13.5. The summed E-state index contributed by atoms with van der Waals surface area (Å²) in [6.07, 6.45) is 1.19. The summed E-state index contributed by atoms with van der Waals surface area (Å²) in [5.74, 6) is -0.224. The fraction of sp³-hybridized carbons (Fsp3) is 0.160. The van der Waals surface area contributed by atoms with Gasteiger partial charge >= 0.3 is 0 Å². The van der Waals surface area contributed by atoms with Crippen LogP contribution in [0.3, 0.4) is 0 Å². The Morgan fingerprint density at radius 3 is 2.33 bits per heavy atom. The van der Waals surface area contributed by atoms with Gasteiger partial charge in [-0.05, 0) is 41.8 Å². The summed E-state index contributed by atoms with van der Waals surface area (Å²) in [5, 5.41) is 0.531. The van der Waals surface area contributed by atoms with E-state index in [9.17, 15) is 13.2 Å². The van der Waals surface area contributed by atoms with Gasteiger partial charge in [0.05, 0.1) is 10.4 Å². The molecule has 0 unspecified atom stereocenters. The van der Waals surface area contributed by atoms with Crippen LogP contribution >= 0.6 is 0 Å². The third kappa shape index (κ3) is 3.82. The van der Waals surface area contributed by atoms with E-state index < -0.39 is 9.84 Å². The lowest BCUT2D eigenvalue weighted by Gasteiger charge is -2.17. The average molecular weight is 459 g/mol. The van der Waals surface area contributed by atoms with E-state index in [-0.39, 0.29) is 22.4 Å². The lowest BCUT2D eigenvalue weighted by molar-refractivity contribution is 0.0747. The Balaban J connectivity index is 1.65. The first kappa shape index (κ1) is 21.1. The molecule has 0 aliphatic carbocycles. The highest BCUT2D eigenvalue weighted by molar-refractivity contribution is 7.90. The van der Waals surface area contributed by atoms with Crippen LogP contribution < -0.4 is 5.73 Å². The molecule has 33 heavy (non-hydrogen) atoms. The van der Waals surface area contributed by atoms with Crippen molar-refractivity contribution in [1.82, 2.24) is 14.9 Å². The molecule has 0 atom stereocenters. The monoisotopic (exact) mass is 458 g/mol. The fourth-order valence-electron chi connectivity index (χ4n) is 4.30. The van der Waals surface area contributed by atoms with Crippen LogP contribution in [0.1, 0.15) is 27.2 Å². The molecule has 3 aromatic carbocycles. The van der Waals surface area contributed by atoms with Gasteiger partial charge in [0.15, 0.2) is 9.84 Å². The predicted octanol–water partition coefficient (Wildman–Crippen LogP) is 3.75. The second-order valence-electron chi connectivity index (χ2n) is 8.36. The normalized spacial score (nSPS) is 13.3. The van der Waals surface area contributed by atoms with Crippen molar-refractivity contribution in [3.8, 4) is 11.1 Å².